The van der Waals surface area contributed by atoms with Crippen LogP contribution < -0.4 is 15.4 Å². The minimum Gasteiger partial charge on any atom is -0.435 e. The first-order chi connectivity index (χ1) is 14.0. The summed E-state index contributed by atoms with van der Waals surface area (Å²) in [5, 5.41) is 23.7. The topological polar surface area (TPSA) is 107 Å². The molecule has 0 atom stereocenters. The molecule has 1 heterocycles. The third kappa shape index (κ3) is 6.21. The summed E-state index contributed by atoms with van der Waals surface area (Å²) in [5.41, 5.74) is 0.484. The first-order valence-corrected chi connectivity index (χ1v) is 9.36. The molecule has 0 unspecified atom stereocenters. The van der Waals surface area contributed by atoms with Gasteiger partial charge in [0.1, 0.15) is 11.4 Å². The van der Waals surface area contributed by atoms with Crippen molar-refractivity contribution < 1.29 is 23.4 Å². The molecule has 0 saturated heterocycles. The van der Waals surface area contributed by atoms with E-state index in [1.807, 2.05) is 13.8 Å². The zero-order chi connectivity index (χ0) is 22.5. The number of aromatic nitrogens is 1. The highest BCUT2D eigenvalue weighted by molar-refractivity contribution is 6.13. The fraction of sp³-hybridized carbons (Fsp3) is 0.381. The van der Waals surface area contributed by atoms with Crippen LogP contribution in [-0.2, 0) is 0 Å². The molecule has 2 rings (SSSR count). The summed E-state index contributed by atoms with van der Waals surface area (Å²) >= 11 is 0. The molecule has 162 valence electrons. The smallest absolute Gasteiger partial charge is 0.387 e. The summed E-state index contributed by atoms with van der Waals surface area (Å²) in [5.74, 6) is -0.480. The predicted molar refractivity (Wildman–Crippen MR) is 111 cm³/mol. The Morgan fingerprint density at radius 1 is 1.27 bits per heavy atom. The lowest BCUT2D eigenvalue weighted by Gasteiger charge is -2.24. The lowest BCUT2D eigenvalue weighted by atomic mass is 10.0. The highest BCUT2D eigenvalue weighted by Gasteiger charge is 2.22. The third-order valence-corrected chi connectivity index (χ3v) is 4.03. The molecule has 4 N–H and O–H groups in total. The van der Waals surface area contributed by atoms with Gasteiger partial charge in [0.2, 0.25) is 0 Å². The van der Waals surface area contributed by atoms with Crippen molar-refractivity contribution in [3.05, 3.63) is 53.3 Å². The molecular formula is C21H26F2N4O3. The van der Waals surface area contributed by atoms with E-state index in [0.29, 0.717) is 11.3 Å². The van der Waals surface area contributed by atoms with Gasteiger partial charge in [0.25, 0.3) is 5.91 Å². The van der Waals surface area contributed by atoms with Crippen LogP contribution in [0.4, 0.5) is 14.5 Å². The average molecular weight is 420 g/mol. The van der Waals surface area contributed by atoms with Gasteiger partial charge in [-0.3, -0.25) is 15.2 Å². The van der Waals surface area contributed by atoms with E-state index in [2.05, 4.69) is 20.4 Å². The number of carbonyl (C=O) groups is 1. The van der Waals surface area contributed by atoms with Gasteiger partial charge in [-0.15, -0.1) is 0 Å². The summed E-state index contributed by atoms with van der Waals surface area (Å²) < 4.78 is 29.4. The number of benzene rings is 1. The lowest BCUT2D eigenvalue weighted by molar-refractivity contribution is -0.0498. The molecule has 7 nitrogen and oxygen atoms in total. The zero-order valence-corrected chi connectivity index (χ0v) is 17.3. The summed E-state index contributed by atoms with van der Waals surface area (Å²) in [4.78, 5) is 16.8. The number of rotatable bonds is 9. The van der Waals surface area contributed by atoms with Gasteiger partial charge in [-0.1, -0.05) is 12.1 Å². The number of aliphatic hydroxyl groups is 1. The maximum absolute atomic E-state index is 12.5. The number of ether oxygens (including phenoxy) is 1. The number of amides is 1. The van der Waals surface area contributed by atoms with Crippen molar-refractivity contribution in [3.8, 4) is 5.75 Å². The number of nitrogens with one attached hydrogen (secondary N) is 3. The summed E-state index contributed by atoms with van der Waals surface area (Å²) in [6.07, 6.45) is 1.33. The van der Waals surface area contributed by atoms with Crippen molar-refractivity contribution in [1.29, 1.82) is 5.41 Å². The Hall–Kier alpha value is -3.07. The van der Waals surface area contributed by atoms with E-state index in [9.17, 15) is 18.7 Å². The highest BCUT2D eigenvalue weighted by atomic mass is 19.3. The summed E-state index contributed by atoms with van der Waals surface area (Å²) in [7, 11) is 0. The number of alkyl halides is 2. The molecule has 0 fully saturated rings. The lowest BCUT2D eigenvalue weighted by Crippen LogP contribution is -2.46. The van der Waals surface area contributed by atoms with Crippen molar-refractivity contribution in [2.24, 2.45) is 0 Å². The second kappa shape index (κ2) is 9.62. The van der Waals surface area contributed by atoms with Crippen LogP contribution >= 0.6 is 0 Å². The van der Waals surface area contributed by atoms with Gasteiger partial charge in [0.05, 0.1) is 29.1 Å². The highest BCUT2D eigenvalue weighted by Crippen LogP contribution is 2.23. The van der Waals surface area contributed by atoms with Gasteiger partial charge < -0.3 is 20.5 Å². The molecule has 0 saturated carbocycles. The molecular weight excluding hydrogens is 394 g/mol. The van der Waals surface area contributed by atoms with Crippen molar-refractivity contribution in [2.75, 3.05) is 11.9 Å². The molecule has 0 aliphatic heterocycles. The van der Waals surface area contributed by atoms with E-state index in [1.54, 1.807) is 26.0 Å². The molecule has 9 heteroatoms. The van der Waals surface area contributed by atoms with Crippen LogP contribution in [0.15, 0.2) is 36.5 Å². The van der Waals surface area contributed by atoms with Crippen LogP contribution in [0.25, 0.3) is 0 Å². The largest absolute Gasteiger partial charge is 0.435 e. The molecule has 1 aromatic carbocycles. The number of aliphatic hydroxyl groups excluding tert-OH is 1. The Kier molecular flexibility index (Phi) is 7.44. The van der Waals surface area contributed by atoms with Gasteiger partial charge in [0, 0.05) is 17.8 Å². The van der Waals surface area contributed by atoms with E-state index in [-0.39, 0.29) is 35.4 Å². The van der Waals surface area contributed by atoms with Crippen LogP contribution in [0.3, 0.4) is 0 Å². The monoisotopic (exact) mass is 420 g/mol. The van der Waals surface area contributed by atoms with Gasteiger partial charge in [0.15, 0.2) is 0 Å². The number of hydrogen-bond donors (Lipinski definition) is 4. The molecule has 1 aromatic heterocycles. The zero-order valence-electron chi connectivity index (χ0n) is 17.3. The number of halogens is 2. The van der Waals surface area contributed by atoms with Gasteiger partial charge >= 0.3 is 6.61 Å². The van der Waals surface area contributed by atoms with E-state index in [4.69, 9.17) is 5.41 Å². The Morgan fingerprint density at radius 2 is 1.97 bits per heavy atom. The maximum atomic E-state index is 12.5. The third-order valence-electron chi connectivity index (χ3n) is 4.03. The Balaban J connectivity index is 2.39. The van der Waals surface area contributed by atoms with E-state index >= 15 is 0 Å². The van der Waals surface area contributed by atoms with Gasteiger partial charge in [-0.2, -0.15) is 8.78 Å². The second-order valence-corrected chi connectivity index (χ2v) is 7.70. The predicted octanol–water partition coefficient (Wildman–Crippen LogP) is 3.42. The molecule has 2 aromatic rings. The van der Waals surface area contributed by atoms with E-state index < -0.39 is 18.1 Å². The maximum Gasteiger partial charge on any atom is 0.387 e. The number of pyridine rings is 1. The van der Waals surface area contributed by atoms with Crippen LogP contribution in [-0.4, -0.2) is 46.5 Å². The Labute approximate surface area is 174 Å². The van der Waals surface area contributed by atoms with Crippen LogP contribution in [0.5, 0.6) is 5.75 Å². The minimum atomic E-state index is -2.97. The first kappa shape index (κ1) is 23.2. The molecule has 0 spiro atoms. The van der Waals surface area contributed by atoms with Gasteiger partial charge in [-0.25, -0.2) is 0 Å². The van der Waals surface area contributed by atoms with Crippen molar-refractivity contribution in [2.45, 2.75) is 45.9 Å². The SMILES string of the molecule is CC(C)Nc1cc(C(=O)NC(C)(C)CO)cnc1C(=N)c1cccc(OC(F)F)c1. The fourth-order valence-corrected chi connectivity index (χ4v) is 2.59. The molecule has 0 bridgehead atoms. The quantitative estimate of drug-likeness (QED) is 0.465. The van der Waals surface area contributed by atoms with Crippen molar-refractivity contribution in [3.63, 3.8) is 0 Å². The summed E-state index contributed by atoms with van der Waals surface area (Å²) in [6, 6.07) is 7.36. The standard InChI is InChI=1S/C21H26F2N4O3/c1-12(2)26-16-9-14(19(29)27-21(3,4)11-28)10-25-18(16)17(24)13-6-5-7-15(8-13)30-20(22)23/h5-10,12,20,24,26,28H,11H2,1-4H3,(H,27,29). The number of carbonyl (C=O) groups excluding carboxylic acids is 1. The van der Waals surface area contributed by atoms with E-state index in [1.165, 1.54) is 24.4 Å². The average Bonchev–Trinajstić information content (AvgIpc) is 2.66. The number of anilines is 1. The number of nitrogens with zero attached hydrogens (tertiary/aromatic N) is 1. The van der Waals surface area contributed by atoms with E-state index in [0.717, 1.165) is 0 Å². The van der Waals surface area contributed by atoms with Crippen LogP contribution in [0.2, 0.25) is 0 Å². The van der Waals surface area contributed by atoms with Crippen LogP contribution in [0, 0.1) is 5.41 Å². The van der Waals surface area contributed by atoms with Crippen molar-refractivity contribution in [1.82, 2.24) is 10.3 Å². The molecule has 0 aliphatic rings. The normalized spacial score (nSPS) is 11.5. The molecule has 0 aliphatic carbocycles. The molecule has 0 radical (unpaired) electrons. The fourth-order valence-electron chi connectivity index (χ4n) is 2.59. The molecule has 30 heavy (non-hydrogen) atoms. The first-order valence-electron chi connectivity index (χ1n) is 9.36. The van der Waals surface area contributed by atoms with Gasteiger partial charge in [-0.05, 0) is 45.9 Å². The summed E-state index contributed by atoms with van der Waals surface area (Å²) in [6.45, 7) is 3.96. The molecule has 1 amide bonds. The number of hydrogen-bond acceptors (Lipinski definition) is 6. The van der Waals surface area contributed by atoms with Crippen molar-refractivity contribution >= 4 is 17.3 Å². The Morgan fingerprint density at radius 3 is 2.57 bits per heavy atom. The van der Waals surface area contributed by atoms with Crippen LogP contribution in [0.1, 0.15) is 49.3 Å². The Bertz CT molecular complexity index is 917. The minimum absolute atomic E-state index is 0.0134. The second-order valence-electron chi connectivity index (χ2n) is 7.70.